The molecule has 0 unspecified atom stereocenters. The highest BCUT2D eigenvalue weighted by atomic mass is 35.5. The summed E-state index contributed by atoms with van der Waals surface area (Å²) in [5.41, 5.74) is 4.45. The number of aryl methyl sites for hydroxylation is 2. The van der Waals surface area contributed by atoms with E-state index in [-0.39, 0.29) is 17.8 Å². The number of hydrogen-bond donors (Lipinski definition) is 2. The van der Waals surface area contributed by atoms with Crippen molar-refractivity contribution >= 4 is 29.3 Å². The minimum Gasteiger partial charge on any atom is -0.492 e. The van der Waals surface area contributed by atoms with Gasteiger partial charge in [-0.15, -0.1) is 4.73 Å². The number of rotatable bonds is 4. The zero-order chi connectivity index (χ0) is 23.7. The second-order valence-corrected chi connectivity index (χ2v) is 9.00. The smallest absolute Gasteiger partial charge is 0.434 e. The second kappa shape index (κ2) is 9.55. The Morgan fingerprint density at radius 1 is 0.848 bits per heavy atom. The highest BCUT2D eigenvalue weighted by molar-refractivity contribution is 6.31. The van der Waals surface area contributed by atoms with Crippen molar-refractivity contribution in [3.63, 3.8) is 0 Å². The Hall–Kier alpha value is -2.87. The van der Waals surface area contributed by atoms with Gasteiger partial charge < -0.3 is 20.0 Å². The lowest BCUT2D eigenvalue weighted by Crippen LogP contribution is -2.51. The van der Waals surface area contributed by atoms with Crippen molar-refractivity contribution in [1.29, 1.82) is 0 Å². The lowest BCUT2D eigenvalue weighted by molar-refractivity contribution is 0.0515. The molecule has 1 aliphatic heterocycles. The summed E-state index contributed by atoms with van der Waals surface area (Å²) in [4.78, 5) is 21.6. The van der Waals surface area contributed by atoms with E-state index in [1.165, 1.54) is 12.1 Å². The molecule has 7 nitrogen and oxygen atoms in total. The van der Waals surface area contributed by atoms with E-state index in [0.717, 1.165) is 22.3 Å². The number of nitrogens with zero attached hydrogens (tertiary/aromatic N) is 3. The highest BCUT2D eigenvalue weighted by Gasteiger charge is 2.31. The first-order chi connectivity index (χ1) is 15.7. The molecule has 1 aliphatic rings. The average molecular weight is 490 g/mol. The van der Waals surface area contributed by atoms with Gasteiger partial charge in [-0.1, -0.05) is 35.3 Å². The molecule has 2 aromatic carbocycles. The molecule has 0 bridgehead atoms. The third kappa shape index (κ3) is 4.90. The van der Waals surface area contributed by atoms with E-state index in [9.17, 15) is 15.0 Å². The molecule has 9 heteroatoms. The van der Waals surface area contributed by atoms with E-state index < -0.39 is 6.09 Å². The summed E-state index contributed by atoms with van der Waals surface area (Å²) in [5, 5.41) is 20.8. The number of aromatic nitrogens is 1. The molecule has 0 atom stereocenters. The van der Waals surface area contributed by atoms with Crippen molar-refractivity contribution in [2.75, 3.05) is 26.2 Å². The molecule has 33 heavy (non-hydrogen) atoms. The molecule has 0 saturated carbocycles. The molecule has 1 aromatic heterocycles. The molecule has 1 amide bonds. The van der Waals surface area contributed by atoms with Crippen LogP contribution in [0.1, 0.15) is 28.3 Å². The van der Waals surface area contributed by atoms with Crippen LogP contribution in [0.15, 0.2) is 48.5 Å². The molecule has 4 rings (SSSR count). The fraction of sp³-hybridized carbons (Fsp3) is 0.292. The van der Waals surface area contributed by atoms with Gasteiger partial charge >= 0.3 is 6.09 Å². The maximum Gasteiger partial charge on any atom is 0.434 e. The maximum atomic E-state index is 12.6. The number of benzene rings is 2. The Morgan fingerprint density at radius 2 is 1.33 bits per heavy atom. The van der Waals surface area contributed by atoms with E-state index >= 15 is 0 Å². The van der Waals surface area contributed by atoms with Gasteiger partial charge in [-0.25, -0.2) is 4.79 Å². The first kappa shape index (κ1) is 23.3. The first-order valence-electron chi connectivity index (χ1n) is 10.6. The Balaban J connectivity index is 1.56. The van der Waals surface area contributed by atoms with Crippen molar-refractivity contribution in [2.24, 2.45) is 0 Å². The van der Waals surface area contributed by atoms with Gasteiger partial charge in [-0.2, -0.15) is 0 Å². The molecule has 1 fully saturated rings. The monoisotopic (exact) mass is 489 g/mol. The van der Waals surface area contributed by atoms with E-state index in [2.05, 4.69) is 17.0 Å². The lowest BCUT2D eigenvalue weighted by Gasteiger charge is -2.40. The molecular weight excluding hydrogens is 465 g/mol. The van der Waals surface area contributed by atoms with Gasteiger partial charge in [-0.05, 0) is 60.4 Å². The average Bonchev–Trinajstić information content (AvgIpc) is 3.09. The van der Waals surface area contributed by atoms with Crippen molar-refractivity contribution in [3.05, 3.63) is 80.8 Å². The van der Waals surface area contributed by atoms with E-state index in [0.29, 0.717) is 41.0 Å². The summed E-state index contributed by atoms with van der Waals surface area (Å²) in [6, 6.07) is 14.3. The van der Waals surface area contributed by atoms with Crippen molar-refractivity contribution in [2.45, 2.75) is 19.9 Å². The van der Waals surface area contributed by atoms with Crippen molar-refractivity contribution in [1.82, 2.24) is 14.5 Å². The maximum absolute atomic E-state index is 12.6. The van der Waals surface area contributed by atoms with Crippen molar-refractivity contribution in [3.8, 4) is 11.8 Å². The molecule has 1 saturated heterocycles. The Bertz CT molecular complexity index is 1100. The molecular formula is C24H25Cl2N3O4. The molecule has 3 aromatic rings. The zero-order valence-corrected chi connectivity index (χ0v) is 19.8. The molecule has 2 heterocycles. The molecule has 0 aliphatic carbocycles. The minimum atomic E-state index is -0.640. The van der Waals surface area contributed by atoms with Gasteiger partial charge in [0, 0.05) is 48.4 Å². The van der Waals surface area contributed by atoms with E-state index in [1.807, 2.05) is 38.1 Å². The van der Waals surface area contributed by atoms with Gasteiger partial charge in [0.25, 0.3) is 0 Å². The predicted octanol–water partition coefficient (Wildman–Crippen LogP) is 4.78. The number of halogens is 2. The third-order valence-corrected chi connectivity index (χ3v) is 6.43. The molecule has 174 valence electrons. The summed E-state index contributed by atoms with van der Waals surface area (Å²) in [7, 11) is 0. The number of piperazine rings is 1. The summed E-state index contributed by atoms with van der Waals surface area (Å²) in [6.45, 7) is 6.15. The number of carbonyl (C=O) groups is 1. The predicted molar refractivity (Wildman–Crippen MR) is 127 cm³/mol. The van der Waals surface area contributed by atoms with E-state index in [1.54, 1.807) is 4.90 Å². The number of carbonyl (C=O) groups excluding carboxylic acids is 1. The summed E-state index contributed by atoms with van der Waals surface area (Å²) >= 11 is 12.4. The number of aromatic hydroxyl groups is 2. The van der Waals surface area contributed by atoms with Gasteiger partial charge in [0.05, 0.1) is 6.04 Å². The highest BCUT2D eigenvalue weighted by Crippen LogP contribution is 2.35. The SMILES string of the molecule is Cc1cc(Cl)ccc1C(c1ccc(Cl)cc1C)N1CCN(C(=O)On2c(O)ccc2O)CC1. The van der Waals surface area contributed by atoms with E-state index in [4.69, 9.17) is 28.0 Å². The largest absolute Gasteiger partial charge is 0.492 e. The Kier molecular flexibility index (Phi) is 6.74. The topological polar surface area (TPSA) is 78.2 Å². The van der Waals surface area contributed by atoms with Crippen LogP contribution in [0.2, 0.25) is 10.0 Å². The summed E-state index contributed by atoms with van der Waals surface area (Å²) < 4.78 is 0.700. The van der Waals surface area contributed by atoms with Crippen molar-refractivity contribution < 1.29 is 19.8 Å². The van der Waals surface area contributed by atoms with Gasteiger partial charge in [0.1, 0.15) is 0 Å². The molecule has 0 spiro atoms. The third-order valence-electron chi connectivity index (χ3n) is 5.96. The fourth-order valence-corrected chi connectivity index (χ4v) is 4.70. The quantitative estimate of drug-likeness (QED) is 0.551. The van der Waals surface area contributed by atoms with Crippen LogP contribution in [-0.4, -0.2) is 57.0 Å². The van der Waals surface area contributed by atoms with Crippen LogP contribution in [-0.2, 0) is 0 Å². The fourth-order valence-electron chi connectivity index (χ4n) is 4.25. The van der Waals surface area contributed by atoms with Crippen LogP contribution in [0.25, 0.3) is 0 Å². The summed E-state index contributed by atoms with van der Waals surface area (Å²) in [5.74, 6) is -0.702. The Labute approximate surface area is 202 Å². The number of amides is 1. The van der Waals surface area contributed by atoms with Crippen LogP contribution in [0.4, 0.5) is 4.79 Å². The van der Waals surface area contributed by atoms with Gasteiger partial charge in [0.2, 0.25) is 11.8 Å². The zero-order valence-electron chi connectivity index (χ0n) is 18.3. The molecule has 2 N–H and O–H groups in total. The normalized spacial score (nSPS) is 14.6. The van der Waals surface area contributed by atoms with Crippen LogP contribution >= 0.6 is 23.2 Å². The number of hydrogen-bond acceptors (Lipinski definition) is 5. The lowest BCUT2D eigenvalue weighted by atomic mass is 9.90. The first-order valence-corrected chi connectivity index (χ1v) is 11.3. The molecule has 0 radical (unpaired) electrons. The second-order valence-electron chi connectivity index (χ2n) is 8.13. The van der Waals surface area contributed by atoms with Gasteiger partial charge in [-0.3, -0.25) is 4.90 Å². The van der Waals surface area contributed by atoms with Crippen LogP contribution in [0.3, 0.4) is 0 Å². The minimum absolute atomic E-state index is 0.0322. The standard InChI is InChI=1S/C24H25Cl2N3O4/c1-15-13-17(25)3-5-19(15)23(20-6-4-18(26)14-16(20)2)27-9-11-28(12-10-27)24(32)33-29-21(30)7-8-22(29)31/h3-8,13-14,23,30-31H,9-12H2,1-2H3. The van der Waals surface area contributed by atoms with Crippen LogP contribution in [0.5, 0.6) is 11.8 Å². The summed E-state index contributed by atoms with van der Waals surface area (Å²) in [6.07, 6.45) is -0.640. The van der Waals surface area contributed by atoms with Gasteiger partial charge in [0.15, 0.2) is 0 Å². The van der Waals surface area contributed by atoms with Crippen LogP contribution < -0.4 is 4.84 Å². The Morgan fingerprint density at radius 3 is 1.79 bits per heavy atom. The van der Waals surface area contributed by atoms with Crippen LogP contribution in [0, 0.1) is 13.8 Å².